The Morgan fingerprint density at radius 3 is 2.75 bits per heavy atom. The number of hydrogen-bond donors (Lipinski definition) is 1. The van der Waals surface area contributed by atoms with Crippen molar-refractivity contribution in [2.75, 3.05) is 5.73 Å². The number of fused-ring (bicyclic) bond motifs is 1. The average Bonchev–Trinajstić information content (AvgIpc) is 2.84. The zero-order valence-electron chi connectivity index (χ0n) is 11.6. The second-order valence-electron chi connectivity index (χ2n) is 5.70. The molecule has 0 aliphatic heterocycles. The molecule has 0 saturated heterocycles. The van der Waals surface area contributed by atoms with Gasteiger partial charge in [0.1, 0.15) is 11.0 Å². The zero-order chi connectivity index (χ0) is 14.1. The standard InChI is InChI=1S/C16H19NO2S/c1-10-2-5-13(6-3-10)19-16(18)15-9-11-8-12(17)4-7-14(11)20-15/h4,7-10,13H,2-3,5-6,17H2,1H3. The van der Waals surface area contributed by atoms with Crippen LogP contribution in [-0.4, -0.2) is 12.1 Å². The third-order valence-electron chi connectivity index (χ3n) is 3.98. The monoisotopic (exact) mass is 289 g/mol. The zero-order valence-corrected chi connectivity index (χ0v) is 12.4. The maximum absolute atomic E-state index is 12.2. The van der Waals surface area contributed by atoms with E-state index in [0.29, 0.717) is 4.88 Å². The summed E-state index contributed by atoms with van der Waals surface area (Å²) in [4.78, 5) is 12.9. The minimum atomic E-state index is -0.190. The minimum absolute atomic E-state index is 0.0916. The number of thiophene rings is 1. The van der Waals surface area contributed by atoms with Gasteiger partial charge < -0.3 is 10.5 Å². The van der Waals surface area contributed by atoms with Gasteiger partial charge in [0.15, 0.2) is 0 Å². The van der Waals surface area contributed by atoms with E-state index < -0.39 is 0 Å². The number of hydrogen-bond acceptors (Lipinski definition) is 4. The van der Waals surface area contributed by atoms with E-state index in [0.717, 1.165) is 47.4 Å². The molecule has 0 unspecified atom stereocenters. The summed E-state index contributed by atoms with van der Waals surface area (Å²) >= 11 is 1.47. The van der Waals surface area contributed by atoms with Gasteiger partial charge in [-0.05, 0) is 61.3 Å². The van der Waals surface area contributed by atoms with Gasteiger partial charge in [0.25, 0.3) is 0 Å². The lowest BCUT2D eigenvalue weighted by Crippen LogP contribution is -2.23. The molecule has 3 rings (SSSR count). The van der Waals surface area contributed by atoms with Gasteiger partial charge in [-0.1, -0.05) is 6.92 Å². The normalized spacial score (nSPS) is 22.9. The molecule has 20 heavy (non-hydrogen) atoms. The Hall–Kier alpha value is -1.55. The van der Waals surface area contributed by atoms with Gasteiger partial charge in [-0.3, -0.25) is 0 Å². The lowest BCUT2D eigenvalue weighted by atomic mass is 9.89. The fraction of sp³-hybridized carbons (Fsp3) is 0.438. The van der Waals surface area contributed by atoms with E-state index in [2.05, 4.69) is 6.92 Å². The van der Waals surface area contributed by atoms with Crippen LogP contribution in [0.3, 0.4) is 0 Å². The molecular formula is C16H19NO2S. The molecular weight excluding hydrogens is 270 g/mol. The number of ether oxygens (including phenoxy) is 1. The van der Waals surface area contributed by atoms with Crippen molar-refractivity contribution in [1.82, 2.24) is 0 Å². The summed E-state index contributed by atoms with van der Waals surface area (Å²) in [6, 6.07) is 7.58. The Morgan fingerprint density at radius 1 is 1.25 bits per heavy atom. The van der Waals surface area contributed by atoms with E-state index in [1.165, 1.54) is 11.3 Å². The lowest BCUT2D eigenvalue weighted by molar-refractivity contribution is 0.0179. The molecule has 1 aliphatic rings. The molecule has 2 N–H and O–H groups in total. The second-order valence-corrected chi connectivity index (χ2v) is 6.78. The number of benzene rings is 1. The van der Waals surface area contributed by atoms with Crippen molar-refractivity contribution in [3.8, 4) is 0 Å². The first-order chi connectivity index (χ1) is 9.61. The first-order valence-electron chi connectivity index (χ1n) is 7.12. The molecule has 0 bridgehead atoms. The molecule has 3 nitrogen and oxygen atoms in total. The van der Waals surface area contributed by atoms with Crippen molar-refractivity contribution in [2.45, 2.75) is 38.7 Å². The van der Waals surface area contributed by atoms with Crippen molar-refractivity contribution in [3.05, 3.63) is 29.1 Å². The molecule has 1 aromatic heterocycles. The minimum Gasteiger partial charge on any atom is -0.458 e. The van der Waals surface area contributed by atoms with Gasteiger partial charge >= 0.3 is 5.97 Å². The molecule has 1 fully saturated rings. The second kappa shape index (κ2) is 5.44. The number of nitrogen functional groups attached to an aromatic ring is 1. The highest BCUT2D eigenvalue weighted by atomic mass is 32.1. The summed E-state index contributed by atoms with van der Waals surface area (Å²) in [5.74, 6) is 0.571. The van der Waals surface area contributed by atoms with Crippen LogP contribution in [0.15, 0.2) is 24.3 Å². The quantitative estimate of drug-likeness (QED) is 0.665. The van der Waals surface area contributed by atoms with E-state index in [4.69, 9.17) is 10.5 Å². The summed E-state index contributed by atoms with van der Waals surface area (Å²) in [5, 5.41) is 1.01. The highest BCUT2D eigenvalue weighted by Crippen LogP contribution is 2.30. The number of nitrogens with two attached hydrogens (primary N) is 1. The van der Waals surface area contributed by atoms with E-state index >= 15 is 0 Å². The van der Waals surface area contributed by atoms with Crippen LogP contribution in [0.1, 0.15) is 42.3 Å². The highest BCUT2D eigenvalue weighted by molar-refractivity contribution is 7.20. The molecule has 1 aromatic carbocycles. The fourth-order valence-electron chi connectivity index (χ4n) is 2.72. The van der Waals surface area contributed by atoms with Gasteiger partial charge in [-0.25, -0.2) is 4.79 Å². The Morgan fingerprint density at radius 2 is 2.00 bits per heavy atom. The smallest absolute Gasteiger partial charge is 0.348 e. The summed E-state index contributed by atoms with van der Waals surface area (Å²) in [7, 11) is 0. The summed E-state index contributed by atoms with van der Waals surface area (Å²) in [6.45, 7) is 2.26. The topological polar surface area (TPSA) is 52.3 Å². The largest absolute Gasteiger partial charge is 0.458 e. The SMILES string of the molecule is CC1CCC(OC(=O)c2cc3cc(N)ccc3s2)CC1. The van der Waals surface area contributed by atoms with E-state index in [1.54, 1.807) is 0 Å². The predicted octanol–water partition coefficient (Wildman–Crippen LogP) is 4.22. The van der Waals surface area contributed by atoms with Gasteiger partial charge in [0.05, 0.1) is 0 Å². The summed E-state index contributed by atoms with van der Waals surface area (Å²) in [6.07, 6.45) is 4.38. The maximum Gasteiger partial charge on any atom is 0.348 e. The van der Waals surface area contributed by atoms with Crippen molar-refractivity contribution >= 4 is 33.1 Å². The number of rotatable bonds is 2. The Balaban J connectivity index is 1.72. The first kappa shape index (κ1) is 13.4. The van der Waals surface area contributed by atoms with E-state index in [-0.39, 0.29) is 12.1 Å². The molecule has 106 valence electrons. The van der Waals surface area contributed by atoms with Crippen LogP contribution < -0.4 is 5.73 Å². The van der Waals surface area contributed by atoms with Gasteiger partial charge in [-0.2, -0.15) is 0 Å². The third kappa shape index (κ3) is 2.80. The Bertz CT molecular complexity index is 626. The Kier molecular flexibility index (Phi) is 3.66. The maximum atomic E-state index is 12.2. The number of carbonyl (C=O) groups excluding carboxylic acids is 1. The first-order valence-corrected chi connectivity index (χ1v) is 7.93. The van der Waals surface area contributed by atoms with Crippen LogP contribution >= 0.6 is 11.3 Å². The molecule has 0 spiro atoms. The molecule has 0 amide bonds. The van der Waals surface area contributed by atoms with Gasteiger partial charge in [-0.15, -0.1) is 11.3 Å². The van der Waals surface area contributed by atoms with Crippen molar-refractivity contribution < 1.29 is 9.53 Å². The fourth-order valence-corrected chi connectivity index (χ4v) is 3.65. The van der Waals surface area contributed by atoms with Crippen LogP contribution in [0.4, 0.5) is 5.69 Å². The van der Waals surface area contributed by atoms with Crippen LogP contribution in [0.25, 0.3) is 10.1 Å². The molecule has 0 radical (unpaired) electrons. The Labute approximate surface area is 122 Å². The van der Waals surface area contributed by atoms with Crippen LogP contribution in [0.2, 0.25) is 0 Å². The molecule has 1 saturated carbocycles. The summed E-state index contributed by atoms with van der Waals surface area (Å²) < 4.78 is 6.70. The van der Waals surface area contributed by atoms with E-state index in [9.17, 15) is 4.79 Å². The van der Waals surface area contributed by atoms with Crippen LogP contribution in [0, 0.1) is 5.92 Å². The van der Waals surface area contributed by atoms with Crippen molar-refractivity contribution in [2.24, 2.45) is 5.92 Å². The molecule has 2 aromatic rings. The molecule has 0 atom stereocenters. The number of carbonyl (C=O) groups is 1. The molecule has 1 heterocycles. The van der Waals surface area contributed by atoms with Crippen LogP contribution in [-0.2, 0) is 4.74 Å². The highest BCUT2D eigenvalue weighted by Gasteiger charge is 2.23. The third-order valence-corrected chi connectivity index (χ3v) is 5.07. The van der Waals surface area contributed by atoms with Gasteiger partial charge in [0.2, 0.25) is 0 Å². The van der Waals surface area contributed by atoms with Crippen LogP contribution in [0.5, 0.6) is 0 Å². The van der Waals surface area contributed by atoms with Gasteiger partial charge in [0, 0.05) is 10.4 Å². The van der Waals surface area contributed by atoms with Crippen molar-refractivity contribution in [3.63, 3.8) is 0 Å². The number of anilines is 1. The molecule has 4 heteroatoms. The number of esters is 1. The predicted molar refractivity (Wildman–Crippen MR) is 83.1 cm³/mol. The average molecular weight is 289 g/mol. The van der Waals surface area contributed by atoms with E-state index in [1.807, 2.05) is 24.3 Å². The van der Waals surface area contributed by atoms with Crippen molar-refractivity contribution in [1.29, 1.82) is 0 Å². The molecule has 1 aliphatic carbocycles. The lowest BCUT2D eigenvalue weighted by Gasteiger charge is -2.25. The summed E-state index contributed by atoms with van der Waals surface area (Å²) in [5.41, 5.74) is 6.48.